The number of carbonyl (C=O) groups is 1. The average Bonchev–Trinajstić information content (AvgIpc) is 2.49. The SMILES string of the molecule is CCCCCCCCCCCCN(C)C1CCC(=O)CC1. The number of rotatable bonds is 12. The number of nitrogens with zero attached hydrogens (tertiary/aromatic N) is 1. The monoisotopic (exact) mass is 295 g/mol. The van der Waals surface area contributed by atoms with Gasteiger partial charge in [-0.1, -0.05) is 64.7 Å². The molecule has 1 rings (SSSR count). The van der Waals surface area contributed by atoms with Crippen LogP contribution in [0, 0.1) is 0 Å². The summed E-state index contributed by atoms with van der Waals surface area (Å²) in [6.07, 6.45) is 17.9. The molecule has 0 amide bonds. The minimum atomic E-state index is 0.471. The second-order valence-corrected chi connectivity index (χ2v) is 6.93. The number of unbranched alkanes of at least 4 members (excludes halogenated alkanes) is 9. The summed E-state index contributed by atoms with van der Waals surface area (Å²) in [4.78, 5) is 13.8. The lowest BCUT2D eigenvalue weighted by Crippen LogP contribution is -2.35. The van der Waals surface area contributed by atoms with Crippen molar-refractivity contribution in [2.75, 3.05) is 13.6 Å². The molecule has 0 heterocycles. The highest BCUT2D eigenvalue weighted by Gasteiger charge is 2.21. The predicted octanol–water partition coefficient (Wildman–Crippen LogP) is 5.35. The third kappa shape index (κ3) is 9.29. The molecule has 0 radical (unpaired) electrons. The molecule has 0 atom stereocenters. The fourth-order valence-corrected chi connectivity index (χ4v) is 3.40. The van der Waals surface area contributed by atoms with Crippen LogP contribution in [0.2, 0.25) is 0 Å². The van der Waals surface area contributed by atoms with Gasteiger partial charge in [0.15, 0.2) is 0 Å². The maximum atomic E-state index is 11.3. The topological polar surface area (TPSA) is 20.3 Å². The molecule has 0 unspecified atom stereocenters. The first-order chi connectivity index (χ1) is 10.2. The Morgan fingerprint density at radius 2 is 1.33 bits per heavy atom. The van der Waals surface area contributed by atoms with E-state index in [1.807, 2.05) is 0 Å². The lowest BCUT2D eigenvalue weighted by Gasteiger charge is -2.30. The minimum Gasteiger partial charge on any atom is -0.303 e. The standard InChI is InChI=1S/C19H37NO/c1-3-4-5-6-7-8-9-10-11-12-17-20(2)18-13-15-19(21)16-14-18/h18H,3-17H2,1-2H3. The summed E-state index contributed by atoms with van der Waals surface area (Å²) < 4.78 is 0. The summed E-state index contributed by atoms with van der Waals surface area (Å²) >= 11 is 0. The summed E-state index contributed by atoms with van der Waals surface area (Å²) in [5.41, 5.74) is 0. The quantitative estimate of drug-likeness (QED) is 0.452. The number of hydrogen-bond donors (Lipinski definition) is 0. The van der Waals surface area contributed by atoms with Crippen molar-refractivity contribution in [1.82, 2.24) is 4.90 Å². The summed E-state index contributed by atoms with van der Waals surface area (Å²) in [6, 6.07) is 0.668. The summed E-state index contributed by atoms with van der Waals surface area (Å²) in [5, 5.41) is 0. The van der Waals surface area contributed by atoms with E-state index in [1.165, 1.54) is 70.8 Å². The third-order valence-corrected chi connectivity index (χ3v) is 5.00. The summed E-state index contributed by atoms with van der Waals surface area (Å²) in [6.45, 7) is 3.50. The van der Waals surface area contributed by atoms with E-state index >= 15 is 0 Å². The van der Waals surface area contributed by atoms with Crippen LogP contribution in [-0.2, 0) is 4.79 Å². The van der Waals surface area contributed by atoms with Gasteiger partial charge in [-0.25, -0.2) is 0 Å². The van der Waals surface area contributed by atoms with Gasteiger partial charge >= 0.3 is 0 Å². The molecule has 1 aliphatic carbocycles. The van der Waals surface area contributed by atoms with Crippen LogP contribution in [0.25, 0.3) is 0 Å². The highest BCUT2D eigenvalue weighted by Crippen LogP contribution is 2.20. The van der Waals surface area contributed by atoms with Gasteiger partial charge in [0.25, 0.3) is 0 Å². The van der Waals surface area contributed by atoms with Gasteiger partial charge in [-0.15, -0.1) is 0 Å². The Bertz CT molecular complexity index is 254. The maximum absolute atomic E-state index is 11.3. The Balaban J connectivity index is 1.86. The predicted molar refractivity (Wildman–Crippen MR) is 91.7 cm³/mol. The Labute approximate surface area is 132 Å². The van der Waals surface area contributed by atoms with Crippen molar-refractivity contribution in [2.24, 2.45) is 0 Å². The number of hydrogen-bond acceptors (Lipinski definition) is 2. The van der Waals surface area contributed by atoms with Crippen LogP contribution in [0.5, 0.6) is 0 Å². The Kier molecular flexibility index (Phi) is 10.9. The molecule has 0 aromatic carbocycles. The zero-order chi connectivity index (χ0) is 15.3. The van der Waals surface area contributed by atoms with Crippen molar-refractivity contribution in [3.63, 3.8) is 0 Å². The van der Waals surface area contributed by atoms with Gasteiger partial charge in [0.1, 0.15) is 5.78 Å². The molecule has 0 N–H and O–H groups in total. The van der Waals surface area contributed by atoms with Gasteiger partial charge in [0.2, 0.25) is 0 Å². The van der Waals surface area contributed by atoms with Crippen molar-refractivity contribution >= 4 is 5.78 Å². The molecule has 2 nitrogen and oxygen atoms in total. The first kappa shape index (κ1) is 18.7. The van der Waals surface area contributed by atoms with E-state index in [2.05, 4.69) is 18.9 Å². The van der Waals surface area contributed by atoms with E-state index < -0.39 is 0 Å². The van der Waals surface area contributed by atoms with Crippen LogP contribution in [-0.4, -0.2) is 30.3 Å². The van der Waals surface area contributed by atoms with Gasteiger partial charge in [-0.05, 0) is 32.9 Å². The van der Waals surface area contributed by atoms with Crippen molar-refractivity contribution in [3.05, 3.63) is 0 Å². The van der Waals surface area contributed by atoms with Crippen molar-refractivity contribution in [3.8, 4) is 0 Å². The van der Waals surface area contributed by atoms with E-state index in [1.54, 1.807) is 0 Å². The Morgan fingerprint density at radius 3 is 1.86 bits per heavy atom. The third-order valence-electron chi connectivity index (χ3n) is 5.00. The van der Waals surface area contributed by atoms with E-state index in [4.69, 9.17) is 0 Å². The van der Waals surface area contributed by atoms with Gasteiger partial charge in [-0.2, -0.15) is 0 Å². The molecule has 1 saturated carbocycles. The van der Waals surface area contributed by atoms with Crippen LogP contribution >= 0.6 is 0 Å². The van der Waals surface area contributed by atoms with Crippen LogP contribution in [0.4, 0.5) is 0 Å². The molecule has 0 bridgehead atoms. The van der Waals surface area contributed by atoms with E-state index in [-0.39, 0.29) is 0 Å². The molecule has 0 saturated heterocycles. The van der Waals surface area contributed by atoms with Gasteiger partial charge in [0, 0.05) is 18.9 Å². The number of ketones is 1. The molecule has 0 aliphatic heterocycles. The summed E-state index contributed by atoms with van der Waals surface area (Å²) in [7, 11) is 2.24. The van der Waals surface area contributed by atoms with Crippen LogP contribution in [0.3, 0.4) is 0 Å². The van der Waals surface area contributed by atoms with Crippen molar-refractivity contribution in [1.29, 1.82) is 0 Å². The van der Waals surface area contributed by atoms with Crippen molar-refractivity contribution < 1.29 is 4.79 Å². The lowest BCUT2D eigenvalue weighted by molar-refractivity contribution is -0.121. The summed E-state index contributed by atoms with van der Waals surface area (Å²) in [5.74, 6) is 0.471. The largest absolute Gasteiger partial charge is 0.303 e. The molecule has 21 heavy (non-hydrogen) atoms. The fourth-order valence-electron chi connectivity index (χ4n) is 3.40. The second-order valence-electron chi connectivity index (χ2n) is 6.93. The first-order valence-electron chi connectivity index (χ1n) is 9.46. The molecule has 1 aliphatic rings. The number of Topliss-reactive ketones (excluding diaryl/α,β-unsaturated/α-hetero) is 1. The molecular weight excluding hydrogens is 258 g/mol. The Hall–Kier alpha value is -0.370. The number of carbonyl (C=O) groups excluding carboxylic acids is 1. The lowest BCUT2D eigenvalue weighted by atomic mass is 9.93. The van der Waals surface area contributed by atoms with Crippen LogP contribution in [0.15, 0.2) is 0 Å². The fraction of sp³-hybridized carbons (Fsp3) is 0.947. The van der Waals surface area contributed by atoms with Gasteiger partial charge in [0.05, 0.1) is 0 Å². The molecule has 0 aromatic rings. The molecule has 124 valence electrons. The zero-order valence-corrected chi connectivity index (χ0v) is 14.5. The van der Waals surface area contributed by atoms with E-state index in [0.717, 1.165) is 25.7 Å². The normalized spacial score (nSPS) is 16.8. The van der Waals surface area contributed by atoms with Crippen molar-refractivity contribution in [2.45, 2.75) is 103 Å². The molecule has 0 aromatic heterocycles. The van der Waals surface area contributed by atoms with Crippen LogP contribution < -0.4 is 0 Å². The first-order valence-corrected chi connectivity index (χ1v) is 9.46. The molecular formula is C19H37NO. The average molecular weight is 296 g/mol. The molecule has 0 spiro atoms. The van der Waals surface area contributed by atoms with E-state index in [0.29, 0.717) is 11.8 Å². The Morgan fingerprint density at radius 1 is 0.857 bits per heavy atom. The highest BCUT2D eigenvalue weighted by atomic mass is 16.1. The smallest absolute Gasteiger partial charge is 0.133 e. The zero-order valence-electron chi connectivity index (χ0n) is 14.5. The minimum absolute atomic E-state index is 0.471. The highest BCUT2D eigenvalue weighted by molar-refractivity contribution is 5.79. The van der Waals surface area contributed by atoms with Gasteiger partial charge in [-0.3, -0.25) is 4.79 Å². The van der Waals surface area contributed by atoms with Crippen LogP contribution in [0.1, 0.15) is 96.8 Å². The molecule has 1 fully saturated rings. The second kappa shape index (κ2) is 12.2. The van der Waals surface area contributed by atoms with Gasteiger partial charge < -0.3 is 4.90 Å². The maximum Gasteiger partial charge on any atom is 0.133 e. The molecule has 2 heteroatoms. The van der Waals surface area contributed by atoms with E-state index in [9.17, 15) is 4.79 Å².